The van der Waals surface area contributed by atoms with E-state index in [4.69, 9.17) is 9.47 Å². The zero-order valence-electron chi connectivity index (χ0n) is 14.3. The van der Waals surface area contributed by atoms with Gasteiger partial charge in [0.2, 0.25) is 0 Å². The summed E-state index contributed by atoms with van der Waals surface area (Å²) < 4.78 is 10.9. The van der Waals surface area contributed by atoms with Gasteiger partial charge in [-0.05, 0) is 48.0 Å². The number of para-hydroxylation sites is 1. The van der Waals surface area contributed by atoms with E-state index >= 15 is 0 Å². The minimum absolute atomic E-state index is 0.308. The van der Waals surface area contributed by atoms with Gasteiger partial charge in [-0.1, -0.05) is 36.4 Å². The zero-order valence-corrected chi connectivity index (χ0v) is 14.3. The second-order valence-electron chi connectivity index (χ2n) is 5.42. The number of amides is 1. The molecule has 0 saturated carbocycles. The topological polar surface area (TPSA) is 59.9 Å². The van der Waals surface area contributed by atoms with Crippen LogP contribution in [0.4, 0.5) is 0 Å². The van der Waals surface area contributed by atoms with E-state index in [9.17, 15) is 4.79 Å². The Labute approximate surface area is 151 Å². The van der Waals surface area contributed by atoms with Crippen molar-refractivity contribution in [2.75, 3.05) is 7.11 Å². The number of hydrogen-bond donors (Lipinski definition) is 1. The molecule has 0 aromatic heterocycles. The fraction of sp³-hybridized carbons (Fsp3) is 0.0476. The van der Waals surface area contributed by atoms with Crippen LogP contribution in [0.2, 0.25) is 0 Å². The predicted molar refractivity (Wildman–Crippen MR) is 101 cm³/mol. The standard InChI is InChI=1S/C21H18N2O3/c1-25-19-11-6-8-17(14-19)21(24)23-22-15-16-7-5-12-20(13-16)26-18-9-3-2-4-10-18/h2-15H,1H3,(H,23,24)/b22-15-. The Bertz CT molecular complexity index is 908. The van der Waals surface area contributed by atoms with E-state index in [-0.39, 0.29) is 5.91 Å². The Hall–Kier alpha value is -3.60. The second-order valence-corrected chi connectivity index (χ2v) is 5.42. The average molecular weight is 346 g/mol. The molecule has 1 amide bonds. The first-order valence-corrected chi connectivity index (χ1v) is 8.05. The smallest absolute Gasteiger partial charge is 0.271 e. The van der Waals surface area contributed by atoms with Crippen LogP contribution >= 0.6 is 0 Å². The van der Waals surface area contributed by atoms with Crippen molar-refractivity contribution in [2.24, 2.45) is 5.10 Å². The highest BCUT2D eigenvalue weighted by molar-refractivity contribution is 5.95. The van der Waals surface area contributed by atoms with Crippen molar-refractivity contribution in [1.82, 2.24) is 5.43 Å². The van der Waals surface area contributed by atoms with E-state index in [0.29, 0.717) is 17.1 Å². The van der Waals surface area contributed by atoms with Gasteiger partial charge in [-0.25, -0.2) is 5.43 Å². The molecule has 3 aromatic carbocycles. The van der Waals surface area contributed by atoms with Crippen LogP contribution in [-0.2, 0) is 0 Å². The molecule has 5 heteroatoms. The van der Waals surface area contributed by atoms with Crippen molar-refractivity contribution >= 4 is 12.1 Å². The van der Waals surface area contributed by atoms with E-state index < -0.39 is 0 Å². The lowest BCUT2D eigenvalue weighted by atomic mass is 10.2. The number of nitrogens with one attached hydrogen (secondary N) is 1. The number of hydrazone groups is 1. The fourth-order valence-electron chi connectivity index (χ4n) is 2.28. The average Bonchev–Trinajstić information content (AvgIpc) is 2.69. The van der Waals surface area contributed by atoms with Crippen molar-refractivity contribution in [3.63, 3.8) is 0 Å². The maximum atomic E-state index is 12.1. The predicted octanol–water partition coefficient (Wildman–Crippen LogP) is 4.25. The summed E-state index contributed by atoms with van der Waals surface area (Å²) >= 11 is 0. The molecule has 5 nitrogen and oxygen atoms in total. The lowest BCUT2D eigenvalue weighted by Crippen LogP contribution is -2.17. The molecule has 0 aliphatic carbocycles. The highest BCUT2D eigenvalue weighted by Crippen LogP contribution is 2.21. The second kappa shape index (κ2) is 8.48. The first-order chi connectivity index (χ1) is 12.7. The van der Waals surface area contributed by atoms with E-state index in [1.165, 1.54) is 0 Å². The number of rotatable bonds is 6. The van der Waals surface area contributed by atoms with Crippen LogP contribution in [0.25, 0.3) is 0 Å². The molecule has 0 unspecified atom stereocenters. The van der Waals surface area contributed by atoms with Crippen molar-refractivity contribution in [3.8, 4) is 17.2 Å². The summed E-state index contributed by atoms with van der Waals surface area (Å²) in [4.78, 5) is 12.1. The van der Waals surface area contributed by atoms with Crippen molar-refractivity contribution < 1.29 is 14.3 Å². The van der Waals surface area contributed by atoms with Gasteiger partial charge in [0.05, 0.1) is 13.3 Å². The molecule has 1 N–H and O–H groups in total. The molecule has 26 heavy (non-hydrogen) atoms. The molecule has 130 valence electrons. The quantitative estimate of drug-likeness (QED) is 0.536. The maximum Gasteiger partial charge on any atom is 0.271 e. The summed E-state index contributed by atoms with van der Waals surface area (Å²) in [7, 11) is 1.56. The Kier molecular flexibility index (Phi) is 5.62. The third kappa shape index (κ3) is 4.70. The van der Waals surface area contributed by atoms with E-state index in [1.807, 2.05) is 54.6 Å². The third-order valence-corrected chi connectivity index (χ3v) is 3.55. The maximum absolute atomic E-state index is 12.1. The minimum atomic E-state index is -0.308. The summed E-state index contributed by atoms with van der Waals surface area (Å²) in [5.41, 5.74) is 3.79. The van der Waals surface area contributed by atoms with Gasteiger partial charge >= 0.3 is 0 Å². The highest BCUT2D eigenvalue weighted by Gasteiger charge is 2.05. The van der Waals surface area contributed by atoms with Crippen LogP contribution < -0.4 is 14.9 Å². The van der Waals surface area contributed by atoms with Gasteiger partial charge in [0, 0.05) is 5.56 Å². The van der Waals surface area contributed by atoms with Crippen molar-refractivity contribution in [3.05, 3.63) is 90.0 Å². The SMILES string of the molecule is COc1cccc(C(=O)N/N=C\c2cccc(Oc3ccccc3)c2)c1. The molecule has 0 atom stereocenters. The van der Waals surface area contributed by atoms with Crippen LogP contribution in [0.1, 0.15) is 15.9 Å². The molecule has 0 spiro atoms. The number of hydrogen-bond acceptors (Lipinski definition) is 4. The number of benzene rings is 3. The Morgan fingerprint density at radius 2 is 1.62 bits per heavy atom. The summed E-state index contributed by atoms with van der Waals surface area (Å²) in [6, 6.07) is 23.8. The first-order valence-electron chi connectivity index (χ1n) is 8.05. The number of ether oxygens (including phenoxy) is 2. The monoisotopic (exact) mass is 346 g/mol. The molecule has 0 saturated heterocycles. The summed E-state index contributed by atoms with van der Waals surface area (Å²) in [5, 5.41) is 4.00. The molecule has 0 radical (unpaired) electrons. The highest BCUT2D eigenvalue weighted by atomic mass is 16.5. The van der Waals surface area contributed by atoms with Gasteiger partial charge in [0.1, 0.15) is 17.2 Å². The summed E-state index contributed by atoms with van der Waals surface area (Å²) in [5.74, 6) is 1.76. The van der Waals surface area contributed by atoms with Crippen LogP contribution in [0, 0.1) is 0 Å². The van der Waals surface area contributed by atoms with Gasteiger partial charge < -0.3 is 9.47 Å². The molecule has 3 aromatic rings. The number of carbonyl (C=O) groups is 1. The number of nitrogens with zero attached hydrogens (tertiary/aromatic N) is 1. The third-order valence-electron chi connectivity index (χ3n) is 3.55. The molecule has 0 aliphatic rings. The van der Waals surface area contributed by atoms with Crippen molar-refractivity contribution in [2.45, 2.75) is 0 Å². The van der Waals surface area contributed by atoms with Crippen LogP contribution in [0.3, 0.4) is 0 Å². The van der Waals surface area contributed by atoms with E-state index in [0.717, 1.165) is 11.3 Å². The van der Waals surface area contributed by atoms with Gasteiger partial charge in [-0.15, -0.1) is 0 Å². The zero-order chi connectivity index (χ0) is 18.2. The van der Waals surface area contributed by atoms with E-state index in [1.54, 1.807) is 37.6 Å². The molecule has 0 aliphatic heterocycles. The molecule has 0 bridgehead atoms. The lowest BCUT2D eigenvalue weighted by molar-refractivity contribution is 0.0955. The Morgan fingerprint density at radius 1 is 0.885 bits per heavy atom. The van der Waals surface area contributed by atoms with Crippen LogP contribution in [-0.4, -0.2) is 19.2 Å². The number of methoxy groups -OCH3 is 1. The van der Waals surface area contributed by atoms with E-state index in [2.05, 4.69) is 10.5 Å². The van der Waals surface area contributed by atoms with Gasteiger partial charge in [-0.3, -0.25) is 4.79 Å². The first kappa shape index (κ1) is 17.2. The largest absolute Gasteiger partial charge is 0.497 e. The van der Waals surface area contributed by atoms with Gasteiger partial charge in [0.15, 0.2) is 0 Å². The van der Waals surface area contributed by atoms with Crippen molar-refractivity contribution in [1.29, 1.82) is 0 Å². The minimum Gasteiger partial charge on any atom is -0.497 e. The Morgan fingerprint density at radius 3 is 2.42 bits per heavy atom. The fourth-order valence-corrected chi connectivity index (χ4v) is 2.28. The van der Waals surface area contributed by atoms with Gasteiger partial charge in [-0.2, -0.15) is 5.10 Å². The molecular weight excluding hydrogens is 328 g/mol. The summed E-state index contributed by atoms with van der Waals surface area (Å²) in [6.07, 6.45) is 1.57. The molecule has 0 fully saturated rings. The summed E-state index contributed by atoms with van der Waals surface area (Å²) in [6.45, 7) is 0. The molecule has 3 rings (SSSR count). The molecular formula is C21H18N2O3. The molecule has 0 heterocycles. The van der Waals surface area contributed by atoms with Gasteiger partial charge in [0.25, 0.3) is 5.91 Å². The van der Waals surface area contributed by atoms with Crippen LogP contribution in [0.15, 0.2) is 84.0 Å². The Balaban J connectivity index is 1.63. The van der Waals surface area contributed by atoms with Crippen LogP contribution in [0.5, 0.6) is 17.2 Å². The normalized spacial score (nSPS) is 10.5. The number of carbonyl (C=O) groups excluding carboxylic acids is 1. The lowest BCUT2D eigenvalue weighted by Gasteiger charge is -2.06.